The lowest BCUT2D eigenvalue weighted by atomic mass is 9.84. The summed E-state index contributed by atoms with van der Waals surface area (Å²) in [6, 6.07) is 0.399. The van der Waals surface area contributed by atoms with Crippen molar-refractivity contribution < 1.29 is 14.3 Å². The number of rotatable bonds is 6. The molecule has 2 aliphatic heterocycles. The highest BCUT2D eigenvalue weighted by atomic mass is 16.5. The maximum Gasteiger partial charge on any atom is 0.226 e. The summed E-state index contributed by atoms with van der Waals surface area (Å²) >= 11 is 0. The van der Waals surface area contributed by atoms with E-state index in [-0.39, 0.29) is 5.92 Å². The number of amides is 1. The highest BCUT2D eigenvalue weighted by Crippen LogP contribution is 2.32. The molecule has 0 aliphatic carbocycles. The molecule has 4 atom stereocenters. The SMILES string of the molecule is CCC(C(=O)N1CC(COC)C[C@H]1CC)C1CCCOC1. The van der Waals surface area contributed by atoms with E-state index in [0.717, 1.165) is 58.5 Å². The van der Waals surface area contributed by atoms with E-state index in [9.17, 15) is 4.79 Å². The first-order valence-corrected chi connectivity index (χ1v) is 8.58. The molecule has 4 heteroatoms. The number of nitrogens with zero attached hydrogens (tertiary/aromatic N) is 1. The van der Waals surface area contributed by atoms with E-state index in [2.05, 4.69) is 18.7 Å². The van der Waals surface area contributed by atoms with E-state index >= 15 is 0 Å². The van der Waals surface area contributed by atoms with Gasteiger partial charge in [0.2, 0.25) is 5.91 Å². The van der Waals surface area contributed by atoms with Gasteiger partial charge in [-0.15, -0.1) is 0 Å². The first-order valence-electron chi connectivity index (χ1n) is 8.58. The normalized spacial score (nSPS) is 31.4. The summed E-state index contributed by atoms with van der Waals surface area (Å²) in [6.07, 6.45) is 5.29. The minimum atomic E-state index is 0.139. The van der Waals surface area contributed by atoms with Crippen LogP contribution in [0.15, 0.2) is 0 Å². The molecule has 3 unspecified atom stereocenters. The lowest BCUT2D eigenvalue weighted by molar-refractivity contribution is -0.140. The van der Waals surface area contributed by atoms with Gasteiger partial charge in [-0.1, -0.05) is 13.8 Å². The summed E-state index contributed by atoms with van der Waals surface area (Å²) in [4.78, 5) is 15.2. The molecule has 0 saturated carbocycles. The van der Waals surface area contributed by atoms with Gasteiger partial charge in [0.1, 0.15) is 0 Å². The second kappa shape index (κ2) is 8.14. The van der Waals surface area contributed by atoms with Crippen molar-refractivity contribution in [3.63, 3.8) is 0 Å². The lowest BCUT2D eigenvalue weighted by Gasteiger charge is -2.34. The molecule has 21 heavy (non-hydrogen) atoms. The van der Waals surface area contributed by atoms with Crippen molar-refractivity contribution in [2.24, 2.45) is 17.8 Å². The van der Waals surface area contributed by atoms with Crippen molar-refractivity contribution >= 4 is 5.91 Å². The Balaban J connectivity index is 2.01. The van der Waals surface area contributed by atoms with Gasteiger partial charge in [0.05, 0.1) is 13.2 Å². The van der Waals surface area contributed by atoms with E-state index in [1.807, 2.05) is 0 Å². The van der Waals surface area contributed by atoms with Crippen molar-refractivity contribution in [3.8, 4) is 0 Å². The van der Waals surface area contributed by atoms with Crippen molar-refractivity contribution in [1.29, 1.82) is 0 Å². The molecule has 0 spiro atoms. The fourth-order valence-electron chi connectivity index (χ4n) is 4.03. The Kier molecular flexibility index (Phi) is 6.49. The Morgan fingerprint density at radius 2 is 2.24 bits per heavy atom. The third-order valence-electron chi connectivity index (χ3n) is 5.18. The lowest BCUT2D eigenvalue weighted by Crippen LogP contribution is -2.43. The highest BCUT2D eigenvalue weighted by Gasteiger charge is 2.39. The second-order valence-corrected chi connectivity index (χ2v) is 6.60. The summed E-state index contributed by atoms with van der Waals surface area (Å²) in [5.74, 6) is 1.42. The van der Waals surface area contributed by atoms with Gasteiger partial charge in [-0.2, -0.15) is 0 Å². The van der Waals surface area contributed by atoms with Gasteiger partial charge in [0.25, 0.3) is 0 Å². The Morgan fingerprint density at radius 1 is 1.43 bits per heavy atom. The van der Waals surface area contributed by atoms with Gasteiger partial charge in [-0.05, 0) is 38.0 Å². The molecular weight excluding hydrogens is 266 g/mol. The maximum atomic E-state index is 13.0. The topological polar surface area (TPSA) is 38.8 Å². The molecule has 4 nitrogen and oxygen atoms in total. The van der Waals surface area contributed by atoms with E-state index in [1.165, 1.54) is 0 Å². The van der Waals surface area contributed by atoms with Crippen LogP contribution in [0.4, 0.5) is 0 Å². The number of likely N-dealkylation sites (tertiary alicyclic amines) is 1. The van der Waals surface area contributed by atoms with Crippen LogP contribution in [0.3, 0.4) is 0 Å². The zero-order valence-corrected chi connectivity index (χ0v) is 13.8. The van der Waals surface area contributed by atoms with Crippen LogP contribution in [0.2, 0.25) is 0 Å². The maximum absolute atomic E-state index is 13.0. The number of ether oxygens (including phenoxy) is 2. The molecule has 2 aliphatic rings. The standard InChI is InChI=1S/C17H31NO3/c1-4-15-9-13(11-20-3)10-18(15)17(19)16(5-2)14-7-6-8-21-12-14/h13-16H,4-12H2,1-3H3/t13?,14?,15-,16?/m1/s1. The molecule has 0 radical (unpaired) electrons. The van der Waals surface area contributed by atoms with E-state index < -0.39 is 0 Å². The molecule has 1 amide bonds. The number of carbonyl (C=O) groups excluding carboxylic acids is 1. The quantitative estimate of drug-likeness (QED) is 0.756. The van der Waals surface area contributed by atoms with Crippen LogP contribution in [0, 0.1) is 17.8 Å². The monoisotopic (exact) mass is 297 g/mol. The van der Waals surface area contributed by atoms with Crippen molar-refractivity contribution in [1.82, 2.24) is 4.90 Å². The second-order valence-electron chi connectivity index (χ2n) is 6.60. The van der Waals surface area contributed by atoms with Crippen LogP contribution in [-0.2, 0) is 14.3 Å². The summed E-state index contributed by atoms with van der Waals surface area (Å²) in [7, 11) is 1.75. The van der Waals surface area contributed by atoms with Gasteiger partial charge in [0, 0.05) is 38.1 Å². The zero-order chi connectivity index (χ0) is 15.2. The summed E-state index contributed by atoms with van der Waals surface area (Å²) < 4.78 is 10.9. The average Bonchev–Trinajstić information content (AvgIpc) is 2.92. The van der Waals surface area contributed by atoms with Gasteiger partial charge < -0.3 is 14.4 Å². The van der Waals surface area contributed by atoms with Gasteiger partial charge in [0.15, 0.2) is 0 Å². The summed E-state index contributed by atoms with van der Waals surface area (Å²) in [5, 5.41) is 0. The molecule has 0 N–H and O–H groups in total. The van der Waals surface area contributed by atoms with E-state index in [0.29, 0.717) is 23.8 Å². The molecule has 2 heterocycles. The molecule has 2 rings (SSSR count). The minimum Gasteiger partial charge on any atom is -0.384 e. The molecule has 0 aromatic rings. The van der Waals surface area contributed by atoms with E-state index in [1.54, 1.807) is 7.11 Å². The predicted octanol–water partition coefficient (Wildman–Crippen LogP) is 2.71. The number of carbonyl (C=O) groups is 1. The average molecular weight is 297 g/mol. The summed E-state index contributed by atoms with van der Waals surface area (Å²) in [6.45, 7) is 7.58. The molecular formula is C17H31NO3. The third-order valence-corrected chi connectivity index (χ3v) is 5.18. The zero-order valence-electron chi connectivity index (χ0n) is 13.8. The number of hydrogen-bond acceptors (Lipinski definition) is 3. The van der Waals surface area contributed by atoms with Crippen LogP contribution in [0.25, 0.3) is 0 Å². The minimum absolute atomic E-state index is 0.139. The third kappa shape index (κ3) is 3.98. The van der Waals surface area contributed by atoms with Crippen LogP contribution in [0.5, 0.6) is 0 Å². The van der Waals surface area contributed by atoms with Gasteiger partial charge in [-0.25, -0.2) is 0 Å². The van der Waals surface area contributed by atoms with Crippen molar-refractivity contribution in [2.45, 2.75) is 52.0 Å². The fraction of sp³-hybridized carbons (Fsp3) is 0.941. The first-order chi connectivity index (χ1) is 10.2. The first kappa shape index (κ1) is 16.8. The van der Waals surface area contributed by atoms with Crippen molar-refractivity contribution in [2.75, 3.05) is 33.5 Å². The molecule has 0 aromatic carbocycles. The molecule has 0 aromatic heterocycles. The van der Waals surface area contributed by atoms with Crippen LogP contribution < -0.4 is 0 Å². The Bertz CT molecular complexity index is 328. The largest absolute Gasteiger partial charge is 0.384 e. The van der Waals surface area contributed by atoms with Gasteiger partial charge >= 0.3 is 0 Å². The van der Waals surface area contributed by atoms with Crippen LogP contribution in [-0.4, -0.2) is 50.3 Å². The smallest absolute Gasteiger partial charge is 0.226 e. The van der Waals surface area contributed by atoms with E-state index in [4.69, 9.17) is 9.47 Å². The predicted molar refractivity (Wildman–Crippen MR) is 83.1 cm³/mol. The Hall–Kier alpha value is -0.610. The molecule has 0 bridgehead atoms. The molecule has 2 saturated heterocycles. The fourth-order valence-corrected chi connectivity index (χ4v) is 4.03. The number of methoxy groups -OCH3 is 1. The Labute approximate surface area is 129 Å². The van der Waals surface area contributed by atoms with Crippen LogP contribution in [0.1, 0.15) is 46.0 Å². The van der Waals surface area contributed by atoms with Crippen molar-refractivity contribution in [3.05, 3.63) is 0 Å². The number of hydrogen-bond donors (Lipinski definition) is 0. The van der Waals surface area contributed by atoms with Crippen LogP contribution >= 0.6 is 0 Å². The highest BCUT2D eigenvalue weighted by molar-refractivity contribution is 5.79. The summed E-state index contributed by atoms with van der Waals surface area (Å²) in [5.41, 5.74) is 0. The molecule has 2 fully saturated rings. The van der Waals surface area contributed by atoms with Gasteiger partial charge in [-0.3, -0.25) is 4.79 Å². The molecule has 122 valence electrons. The Morgan fingerprint density at radius 3 is 2.81 bits per heavy atom.